The van der Waals surface area contributed by atoms with Gasteiger partial charge in [-0.25, -0.2) is 15.8 Å². The molecule has 0 atom stereocenters. The van der Waals surface area contributed by atoms with Crippen LogP contribution >= 0.6 is 0 Å². The van der Waals surface area contributed by atoms with Crippen LogP contribution in [0.25, 0.3) is 22.2 Å². The molecule has 0 radical (unpaired) electrons. The summed E-state index contributed by atoms with van der Waals surface area (Å²) in [5.74, 6) is 5.09. The monoisotopic (exact) mass is 415 g/mol. The summed E-state index contributed by atoms with van der Waals surface area (Å²) in [6.45, 7) is 1.87. The lowest BCUT2D eigenvalue weighted by atomic mass is 9.95. The summed E-state index contributed by atoms with van der Waals surface area (Å²) >= 11 is 0. The average molecular weight is 415 g/mol. The fourth-order valence-electron chi connectivity index (χ4n) is 3.96. The van der Waals surface area contributed by atoms with Gasteiger partial charge in [-0.05, 0) is 43.5 Å². The molecule has 0 unspecified atom stereocenters. The molecule has 0 spiro atoms. The highest BCUT2D eigenvalue weighted by molar-refractivity contribution is 6.13. The Morgan fingerprint density at radius 1 is 1.19 bits per heavy atom. The zero-order valence-corrected chi connectivity index (χ0v) is 17.2. The summed E-state index contributed by atoms with van der Waals surface area (Å²) in [5, 5.41) is 5.51. The Bertz CT molecular complexity index is 1330. The molecule has 156 valence electrons. The quantitative estimate of drug-likeness (QED) is 0.228. The van der Waals surface area contributed by atoms with Crippen LogP contribution in [0.5, 0.6) is 0 Å². The first-order chi connectivity index (χ1) is 14.9. The minimum Gasteiger partial charge on any atom is -0.345 e. The van der Waals surface area contributed by atoms with Gasteiger partial charge in [0.05, 0.1) is 17.2 Å². The Morgan fingerprint density at radius 3 is 2.68 bits per heavy atom. The van der Waals surface area contributed by atoms with Crippen molar-refractivity contribution in [2.24, 2.45) is 12.9 Å². The van der Waals surface area contributed by atoms with Gasteiger partial charge in [0.1, 0.15) is 5.65 Å². The van der Waals surface area contributed by atoms with Crippen LogP contribution in [0.1, 0.15) is 34.5 Å². The van der Waals surface area contributed by atoms with Gasteiger partial charge >= 0.3 is 0 Å². The first kappa shape index (κ1) is 19.1. The van der Waals surface area contributed by atoms with Gasteiger partial charge in [0, 0.05) is 54.0 Å². The molecule has 0 aromatic carbocycles. The third-order valence-electron chi connectivity index (χ3n) is 5.85. The van der Waals surface area contributed by atoms with Gasteiger partial charge in [-0.2, -0.15) is 5.10 Å². The molecule has 0 saturated heterocycles. The molecule has 1 fully saturated rings. The number of H-pyrrole nitrogens is 1. The van der Waals surface area contributed by atoms with Crippen molar-refractivity contribution in [3.05, 3.63) is 66.0 Å². The highest BCUT2D eigenvalue weighted by atomic mass is 16.2. The first-order valence-electron chi connectivity index (χ1n) is 9.92. The van der Waals surface area contributed by atoms with Crippen LogP contribution in [-0.4, -0.2) is 41.6 Å². The van der Waals surface area contributed by atoms with E-state index in [0.717, 1.165) is 27.4 Å². The maximum Gasteiger partial charge on any atom is 0.277 e. The number of aromatic amines is 1. The summed E-state index contributed by atoms with van der Waals surface area (Å²) in [4.78, 5) is 38.0. The second-order valence-electron chi connectivity index (χ2n) is 7.97. The molecule has 9 nitrogen and oxygen atoms in total. The molecule has 4 heterocycles. The number of amides is 2. The van der Waals surface area contributed by atoms with Gasteiger partial charge < -0.3 is 4.98 Å². The number of imide groups is 1. The molecular weight excluding hydrogens is 394 g/mol. The molecule has 0 bridgehead atoms. The second-order valence-corrected chi connectivity index (χ2v) is 7.97. The van der Waals surface area contributed by atoms with Gasteiger partial charge in [-0.1, -0.05) is 0 Å². The Hall–Kier alpha value is -3.85. The number of fused-ring (bicyclic) bond motifs is 1. The Labute approximate surface area is 177 Å². The van der Waals surface area contributed by atoms with Gasteiger partial charge in [-0.15, -0.1) is 0 Å². The van der Waals surface area contributed by atoms with Gasteiger partial charge in [0.2, 0.25) is 0 Å². The van der Waals surface area contributed by atoms with Gasteiger partial charge in [0.15, 0.2) is 0 Å². The van der Waals surface area contributed by atoms with E-state index in [1.54, 1.807) is 23.3 Å². The van der Waals surface area contributed by atoms with Crippen LogP contribution < -0.4 is 5.84 Å². The lowest BCUT2D eigenvalue weighted by molar-refractivity contribution is -0.131. The van der Waals surface area contributed by atoms with Crippen molar-refractivity contribution in [1.29, 1.82) is 0 Å². The molecule has 4 aromatic rings. The largest absolute Gasteiger partial charge is 0.345 e. The second kappa shape index (κ2) is 6.85. The van der Waals surface area contributed by atoms with E-state index >= 15 is 0 Å². The van der Waals surface area contributed by atoms with Crippen molar-refractivity contribution in [1.82, 2.24) is 29.7 Å². The normalized spacial score (nSPS) is 14.5. The predicted octanol–water partition coefficient (Wildman–Crippen LogP) is 2.24. The van der Waals surface area contributed by atoms with Crippen molar-refractivity contribution in [3.8, 4) is 11.1 Å². The van der Waals surface area contributed by atoms with Crippen LogP contribution in [-0.2, 0) is 17.3 Å². The summed E-state index contributed by atoms with van der Waals surface area (Å²) in [6.07, 6.45) is 9.81. The summed E-state index contributed by atoms with van der Waals surface area (Å²) < 4.78 is 1.69. The minimum atomic E-state index is -0.761. The van der Waals surface area contributed by atoms with E-state index in [2.05, 4.69) is 20.1 Å². The molecule has 1 aliphatic rings. The number of carbonyl (C=O) groups excluding carboxylic acids is 2. The van der Waals surface area contributed by atoms with E-state index in [1.807, 2.05) is 38.4 Å². The van der Waals surface area contributed by atoms with Crippen LogP contribution in [0.4, 0.5) is 0 Å². The lowest BCUT2D eigenvalue weighted by Crippen LogP contribution is -2.48. The lowest BCUT2D eigenvalue weighted by Gasteiger charge is -2.21. The van der Waals surface area contributed by atoms with Crippen molar-refractivity contribution < 1.29 is 9.59 Å². The Morgan fingerprint density at radius 2 is 2.00 bits per heavy atom. The van der Waals surface area contributed by atoms with Crippen molar-refractivity contribution in [2.45, 2.75) is 25.2 Å². The van der Waals surface area contributed by atoms with E-state index < -0.39 is 17.2 Å². The molecule has 31 heavy (non-hydrogen) atoms. The number of hydrogen-bond acceptors (Lipinski definition) is 6. The third kappa shape index (κ3) is 3.10. The number of aromatic nitrogens is 5. The first-order valence-corrected chi connectivity index (χ1v) is 9.92. The smallest absolute Gasteiger partial charge is 0.277 e. The zero-order chi connectivity index (χ0) is 21.8. The van der Waals surface area contributed by atoms with Crippen molar-refractivity contribution in [2.75, 3.05) is 0 Å². The number of nitrogens with zero attached hydrogens (tertiary/aromatic N) is 5. The minimum absolute atomic E-state index is 0.297. The molecular formula is C22H21N7O2. The molecule has 9 heteroatoms. The van der Waals surface area contributed by atoms with Gasteiger partial charge in [0.25, 0.3) is 11.8 Å². The Kier molecular flexibility index (Phi) is 4.23. The number of aryl methyl sites for hydroxylation is 2. The van der Waals surface area contributed by atoms with Crippen LogP contribution in [0, 0.1) is 6.92 Å². The number of hydrogen-bond donors (Lipinski definition) is 2. The molecule has 4 aromatic heterocycles. The van der Waals surface area contributed by atoms with E-state index in [9.17, 15) is 9.59 Å². The summed E-state index contributed by atoms with van der Waals surface area (Å²) in [5.41, 5.74) is 3.43. The molecule has 1 saturated carbocycles. The predicted molar refractivity (Wildman–Crippen MR) is 114 cm³/mol. The fourth-order valence-corrected chi connectivity index (χ4v) is 3.96. The molecule has 5 rings (SSSR count). The molecule has 2 amide bonds. The van der Waals surface area contributed by atoms with E-state index in [4.69, 9.17) is 5.84 Å². The number of rotatable bonds is 4. The maximum atomic E-state index is 13.2. The highest BCUT2D eigenvalue weighted by Gasteiger charge is 2.54. The topological polar surface area (TPSA) is 123 Å². The van der Waals surface area contributed by atoms with Crippen molar-refractivity contribution in [3.63, 3.8) is 0 Å². The standard InChI is InChI=1S/C22H21N7O2/c1-13-7-16(3-6-24-13)22(4-5-22)21(31)29(23)20(30)18-11-26-19-17(18)8-14(9-25-19)15-10-27-28(2)12-15/h3,6-12H,4-5,23H2,1-2H3,(H,25,26). The number of nitrogens with one attached hydrogen (secondary N) is 1. The zero-order valence-electron chi connectivity index (χ0n) is 17.2. The number of nitrogens with two attached hydrogens (primary N) is 1. The van der Waals surface area contributed by atoms with E-state index in [1.165, 1.54) is 6.20 Å². The Balaban J connectivity index is 1.47. The summed E-state index contributed by atoms with van der Waals surface area (Å²) in [7, 11) is 1.83. The number of carbonyl (C=O) groups is 2. The van der Waals surface area contributed by atoms with Crippen molar-refractivity contribution >= 4 is 22.8 Å². The molecule has 0 aliphatic heterocycles. The molecule has 3 N–H and O–H groups in total. The van der Waals surface area contributed by atoms with E-state index in [0.29, 0.717) is 29.4 Å². The van der Waals surface area contributed by atoms with Gasteiger partial charge in [-0.3, -0.25) is 19.3 Å². The summed E-state index contributed by atoms with van der Waals surface area (Å²) in [6, 6.07) is 5.53. The number of pyridine rings is 2. The van der Waals surface area contributed by atoms with Crippen LogP contribution in [0.15, 0.2) is 49.2 Å². The third-order valence-corrected chi connectivity index (χ3v) is 5.85. The highest BCUT2D eigenvalue weighted by Crippen LogP contribution is 2.49. The fraction of sp³-hybridized carbons (Fsp3) is 0.227. The average Bonchev–Trinajstić information content (AvgIpc) is 3.30. The number of hydrazine groups is 1. The maximum absolute atomic E-state index is 13.2. The van der Waals surface area contributed by atoms with Crippen LogP contribution in [0.2, 0.25) is 0 Å². The van der Waals surface area contributed by atoms with Crippen LogP contribution in [0.3, 0.4) is 0 Å². The SMILES string of the molecule is Cc1cc(C2(C(=O)N(N)C(=O)c3c[nH]c4ncc(-c5cnn(C)c5)cc34)CC2)ccn1. The van der Waals surface area contributed by atoms with E-state index in [-0.39, 0.29) is 0 Å². The molecule has 1 aliphatic carbocycles.